The molecular weight excluding hydrogens is 346 g/mol. The maximum atomic E-state index is 12.3. The predicted octanol–water partition coefficient (Wildman–Crippen LogP) is 1.92. The predicted molar refractivity (Wildman–Crippen MR) is 88.1 cm³/mol. The Morgan fingerprint density at radius 3 is 2.32 bits per heavy atom. The first-order valence-electron chi connectivity index (χ1n) is 7.04. The van der Waals surface area contributed by atoms with Gasteiger partial charge in [0.05, 0.1) is 16.8 Å². The van der Waals surface area contributed by atoms with Gasteiger partial charge in [0.25, 0.3) is 0 Å². The fraction of sp³-hybridized carbons (Fsp3) is 0.571. The van der Waals surface area contributed by atoms with Gasteiger partial charge in [-0.25, -0.2) is 16.8 Å². The van der Waals surface area contributed by atoms with Crippen LogP contribution in [0.25, 0.3) is 0 Å². The Morgan fingerprint density at radius 1 is 1.18 bits per heavy atom. The molecule has 0 atom stereocenters. The summed E-state index contributed by atoms with van der Waals surface area (Å²) in [5.74, 6) is -0.0709. The molecule has 1 fully saturated rings. The third-order valence-corrected chi connectivity index (χ3v) is 8.15. The number of hydrogen-bond donors (Lipinski definition) is 0. The largest absolute Gasteiger partial charge is 0.228 e. The molecule has 5 nitrogen and oxygen atoms in total. The van der Waals surface area contributed by atoms with E-state index in [1.165, 1.54) is 4.31 Å². The van der Waals surface area contributed by atoms with Crippen LogP contribution < -0.4 is 0 Å². The SMILES string of the molecule is CC(C)CS(=O)(=O)C1CN(S(=O)(=O)Cc2ccccc2Cl)C1. The van der Waals surface area contributed by atoms with Gasteiger partial charge in [0.1, 0.15) is 0 Å². The van der Waals surface area contributed by atoms with E-state index in [9.17, 15) is 16.8 Å². The van der Waals surface area contributed by atoms with Gasteiger partial charge in [-0.3, -0.25) is 0 Å². The lowest BCUT2D eigenvalue weighted by atomic mass is 10.2. The van der Waals surface area contributed by atoms with Crippen LogP contribution in [-0.2, 0) is 25.6 Å². The lowest BCUT2D eigenvalue weighted by Gasteiger charge is -2.37. The first-order valence-corrected chi connectivity index (χ1v) is 10.7. The zero-order valence-electron chi connectivity index (χ0n) is 12.6. The average Bonchev–Trinajstić information content (AvgIpc) is 2.26. The Morgan fingerprint density at radius 2 is 1.77 bits per heavy atom. The van der Waals surface area contributed by atoms with Crippen molar-refractivity contribution >= 4 is 31.5 Å². The van der Waals surface area contributed by atoms with Gasteiger partial charge in [0, 0.05) is 18.1 Å². The van der Waals surface area contributed by atoms with Crippen molar-refractivity contribution in [1.29, 1.82) is 0 Å². The Hall–Kier alpha value is -0.630. The highest BCUT2D eigenvalue weighted by Crippen LogP contribution is 2.26. The van der Waals surface area contributed by atoms with Gasteiger partial charge in [-0.05, 0) is 17.5 Å². The normalized spacial score (nSPS) is 17.6. The van der Waals surface area contributed by atoms with Gasteiger partial charge in [-0.1, -0.05) is 43.6 Å². The number of hydrogen-bond acceptors (Lipinski definition) is 4. The van der Waals surface area contributed by atoms with E-state index in [0.29, 0.717) is 10.6 Å². The van der Waals surface area contributed by atoms with Crippen molar-refractivity contribution in [2.24, 2.45) is 5.92 Å². The number of halogens is 1. The number of nitrogens with zero attached hydrogens (tertiary/aromatic N) is 1. The third-order valence-electron chi connectivity index (χ3n) is 3.58. The molecule has 1 saturated heterocycles. The van der Waals surface area contributed by atoms with Gasteiger partial charge in [-0.2, -0.15) is 4.31 Å². The second-order valence-electron chi connectivity index (χ2n) is 6.01. The molecule has 2 rings (SSSR count). The minimum atomic E-state index is -3.54. The Kier molecular flexibility index (Phi) is 5.21. The lowest BCUT2D eigenvalue weighted by Crippen LogP contribution is -2.57. The van der Waals surface area contributed by atoms with Crippen LogP contribution in [-0.4, -0.2) is 45.2 Å². The molecule has 0 aliphatic carbocycles. The summed E-state index contributed by atoms with van der Waals surface area (Å²) in [7, 11) is -6.77. The Balaban J connectivity index is 2.02. The van der Waals surface area contributed by atoms with Crippen LogP contribution in [0.15, 0.2) is 24.3 Å². The van der Waals surface area contributed by atoms with E-state index in [1.54, 1.807) is 24.3 Å². The molecule has 0 spiro atoms. The topological polar surface area (TPSA) is 71.5 Å². The highest BCUT2D eigenvalue weighted by atomic mass is 35.5. The first-order chi connectivity index (χ1) is 10.1. The van der Waals surface area contributed by atoms with E-state index in [1.807, 2.05) is 13.8 Å². The van der Waals surface area contributed by atoms with Gasteiger partial charge in [0.15, 0.2) is 9.84 Å². The zero-order valence-corrected chi connectivity index (χ0v) is 15.0. The highest BCUT2D eigenvalue weighted by Gasteiger charge is 2.42. The van der Waals surface area contributed by atoms with Crippen molar-refractivity contribution < 1.29 is 16.8 Å². The Bertz CT molecular complexity index is 738. The molecule has 0 radical (unpaired) electrons. The number of sulfone groups is 1. The van der Waals surface area contributed by atoms with E-state index in [-0.39, 0.29) is 30.5 Å². The summed E-state index contributed by atoms with van der Waals surface area (Å²) in [6.45, 7) is 3.76. The molecule has 0 aromatic heterocycles. The molecule has 0 N–H and O–H groups in total. The zero-order chi connectivity index (χ0) is 16.5. The van der Waals surface area contributed by atoms with Crippen LogP contribution in [0.3, 0.4) is 0 Å². The lowest BCUT2D eigenvalue weighted by molar-refractivity contribution is 0.308. The molecule has 1 aromatic rings. The standard InChI is InChI=1S/C14H20ClNO4S2/c1-11(2)9-21(17,18)13-7-16(8-13)22(19,20)10-12-5-3-4-6-14(12)15/h3-6,11,13H,7-10H2,1-2H3. The van der Waals surface area contributed by atoms with Crippen molar-refractivity contribution in [3.05, 3.63) is 34.9 Å². The molecule has 0 unspecified atom stereocenters. The summed E-state index contributed by atoms with van der Waals surface area (Å²) >= 11 is 5.98. The molecule has 22 heavy (non-hydrogen) atoms. The molecule has 1 heterocycles. The molecule has 0 amide bonds. The van der Waals surface area contributed by atoms with Gasteiger partial charge < -0.3 is 0 Å². The van der Waals surface area contributed by atoms with E-state index in [4.69, 9.17) is 11.6 Å². The molecule has 0 bridgehead atoms. The smallest absolute Gasteiger partial charge is 0.218 e. The number of benzene rings is 1. The summed E-state index contributed by atoms with van der Waals surface area (Å²) in [6, 6.07) is 6.75. The van der Waals surface area contributed by atoms with Crippen molar-refractivity contribution in [2.75, 3.05) is 18.8 Å². The molecule has 1 aliphatic heterocycles. The molecule has 1 aliphatic rings. The minimum absolute atomic E-state index is 0.0405. The van der Waals surface area contributed by atoms with E-state index < -0.39 is 25.1 Å². The van der Waals surface area contributed by atoms with Crippen LogP contribution in [0.2, 0.25) is 5.02 Å². The van der Waals surface area contributed by atoms with Crippen LogP contribution in [0.1, 0.15) is 19.4 Å². The second kappa shape index (κ2) is 6.47. The highest BCUT2D eigenvalue weighted by molar-refractivity contribution is 7.92. The van der Waals surface area contributed by atoms with Crippen molar-refractivity contribution in [2.45, 2.75) is 24.9 Å². The maximum Gasteiger partial charge on any atom is 0.218 e. The third kappa shape index (κ3) is 4.01. The molecule has 0 saturated carbocycles. The van der Waals surface area contributed by atoms with Gasteiger partial charge in [0.2, 0.25) is 10.0 Å². The van der Waals surface area contributed by atoms with Crippen molar-refractivity contribution in [3.63, 3.8) is 0 Å². The van der Waals surface area contributed by atoms with E-state index >= 15 is 0 Å². The summed E-state index contributed by atoms with van der Waals surface area (Å²) in [5, 5.41) is -0.188. The van der Waals surface area contributed by atoms with E-state index in [0.717, 1.165) is 0 Å². The van der Waals surface area contributed by atoms with Crippen molar-refractivity contribution in [3.8, 4) is 0 Å². The maximum absolute atomic E-state index is 12.3. The molecule has 124 valence electrons. The summed E-state index contributed by atoms with van der Waals surface area (Å²) < 4.78 is 50.0. The number of rotatable bonds is 6. The fourth-order valence-corrected chi connectivity index (χ4v) is 6.49. The Labute approximate surface area is 137 Å². The van der Waals surface area contributed by atoms with Crippen LogP contribution in [0.5, 0.6) is 0 Å². The first kappa shape index (κ1) is 17.7. The summed E-state index contributed by atoms with van der Waals surface area (Å²) in [4.78, 5) is 0. The summed E-state index contributed by atoms with van der Waals surface area (Å²) in [5.41, 5.74) is 0.526. The second-order valence-corrected chi connectivity index (χ2v) is 10.7. The fourth-order valence-electron chi connectivity index (χ4n) is 2.36. The van der Waals surface area contributed by atoms with Crippen LogP contribution in [0.4, 0.5) is 0 Å². The summed E-state index contributed by atoms with van der Waals surface area (Å²) in [6.07, 6.45) is 0. The van der Waals surface area contributed by atoms with Crippen LogP contribution >= 0.6 is 11.6 Å². The number of sulfonamides is 1. The van der Waals surface area contributed by atoms with E-state index in [2.05, 4.69) is 0 Å². The molecular formula is C14H20ClNO4S2. The average molecular weight is 366 g/mol. The van der Waals surface area contributed by atoms with Crippen molar-refractivity contribution in [1.82, 2.24) is 4.31 Å². The van der Waals surface area contributed by atoms with Crippen LogP contribution in [0, 0.1) is 5.92 Å². The minimum Gasteiger partial charge on any atom is -0.228 e. The van der Waals surface area contributed by atoms with Gasteiger partial charge in [-0.15, -0.1) is 0 Å². The van der Waals surface area contributed by atoms with Gasteiger partial charge >= 0.3 is 0 Å². The molecule has 8 heteroatoms. The monoisotopic (exact) mass is 365 g/mol. The molecule has 1 aromatic carbocycles. The quantitative estimate of drug-likeness (QED) is 0.772.